The molecule has 2 atom stereocenters. The van der Waals surface area contributed by atoms with Crippen molar-refractivity contribution < 1.29 is 28.5 Å². The number of hydrogen-bond donors (Lipinski definition) is 1. The highest BCUT2D eigenvalue weighted by Crippen LogP contribution is 2.32. The number of nitrogens with zero attached hydrogens (tertiary/aromatic N) is 2. The predicted molar refractivity (Wildman–Crippen MR) is 167 cm³/mol. The molecule has 2 fully saturated rings. The second-order valence-corrected chi connectivity index (χ2v) is 12.1. The molecule has 2 aromatic rings. The van der Waals surface area contributed by atoms with Gasteiger partial charge in [-0.25, -0.2) is 0 Å². The van der Waals surface area contributed by atoms with Gasteiger partial charge in [0.25, 0.3) is 11.8 Å². The lowest BCUT2D eigenvalue weighted by Crippen LogP contribution is -2.45. The summed E-state index contributed by atoms with van der Waals surface area (Å²) < 4.78 is 22.6. The fourth-order valence-corrected chi connectivity index (χ4v) is 5.81. The normalized spacial score (nSPS) is 18.0. The molecule has 2 aromatic carbocycles. The van der Waals surface area contributed by atoms with Crippen LogP contribution in [0.2, 0.25) is 0 Å². The van der Waals surface area contributed by atoms with Crippen LogP contribution < -0.4 is 19.5 Å². The number of carbonyl (C=O) groups excluding carboxylic acids is 2. The SMILES string of the molecule is COCCCOc1cc(C(=O)N(C[C@@H]2CNC[C@H]2CN(C(=O)COc2c(C)cccc2C)C2CC2)C(C)C)ccc1OC. The number of carbonyl (C=O) groups is 2. The topological polar surface area (TPSA) is 89.6 Å². The van der Waals surface area contributed by atoms with Crippen molar-refractivity contribution in [2.24, 2.45) is 11.8 Å². The van der Waals surface area contributed by atoms with Crippen molar-refractivity contribution in [3.63, 3.8) is 0 Å². The Balaban J connectivity index is 1.41. The average molecular weight is 596 g/mol. The third-order valence-electron chi connectivity index (χ3n) is 8.44. The van der Waals surface area contributed by atoms with Gasteiger partial charge in [-0.1, -0.05) is 18.2 Å². The second kappa shape index (κ2) is 15.4. The van der Waals surface area contributed by atoms with Crippen LogP contribution in [0.15, 0.2) is 36.4 Å². The van der Waals surface area contributed by atoms with E-state index in [4.69, 9.17) is 18.9 Å². The molecular formula is C34H49N3O6. The quantitative estimate of drug-likeness (QED) is 0.286. The van der Waals surface area contributed by atoms with Gasteiger partial charge in [-0.05, 0) is 81.7 Å². The van der Waals surface area contributed by atoms with Gasteiger partial charge in [-0.2, -0.15) is 0 Å². The largest absolute Gasteiger partial charge is 0.493 e. The fraction of sp³-hybridized carbons (Fsp3) is 0.588. The number of benzene rings is 2. The molecule has 0 aromatic heterocycles. The Hall–Kier alpha value is -3.30. The van der Waals surface area contributed by atoms with Gasteiger partial charge in [0, 0.05) is 64.0 Å². The van der Waals surface area contributed by atoms with E-state index in [1.807, 2.05) is 55.7 Å². The van der Waals surface area contributed by atoms with E-state index >= 15 is 0 Å². The smallest absolute Gasteiger partial charge is 0.260 e. The van der Waals surface area contributed by atoms with Crippen molar-refractivity contribution in [2.45, 2.75) is 59.0 Å². The number of hydrogen-bond acceptors (Lipinski definition) is 7. The molecule has 1 heterocycles. The number of rotatable bonds is 16. The molecule has 0 radical (unpaired) electrons. The first-order valence-corrected chi connectivity index (χ1v) is 15.5. The fourth-order valence-electron chi connectivity index (χ4n) is 5.81. The first kappa shape index (κ1) is 32.6. The average Bonchev–Trinajstić information content (AvgIpc) is 3.74. The molecule has 2 aliphatic rings. The van der Waals surface area contributed by atoms with Gasteiger partial charge < -0.3 is 34.1 Å². The minimum absolute atomic E-state index is 0.00819. The zero-order valence-electron chi connectivity index (χ0n) is 26.7. The Labute approximate surface area is 256 Å². The maximum Gasteiger partial charge on any atom is 0.260 e. The lowest BCUT2D eigenvalue weighted by atomic mass is 9.93. The third kappa shape index (κ3) is 8.63. The minimum Gasteiger partial charge on any atom is -0.493 e. The van der Waals surface area contributed by atoms with Gasteiger partial charge in [-0.15, -0.1) is 0 Å². The summed E-state index contributed by atoms with van der Waals surface area (Å²) in [5.74, 6) is 2.40. The number of ether oxygens (including phenoxy) is 4. The zero-order valence-corrected chi connectivity index (χ0v) is 26.7. The van der Waals surface area contributed by atoms with Gasteiger partial charge in [0.2, 0.25) is 0 Å². The molecular weight excluding hydrogens is 546 g/mol. The summed E-state index contributed by atoms with van der Waals surface area (Å²) in [6.07, 6.45) is 2.80. The Morgan fingerprint density at radius 1 is 0.930 bits per heavy atom. The number of methoxy groups -OCH3 is 2. The van der Waals surface area contributed by atoms with Crippen molar-refractivity contribution in [1.82, 2.24) is 15.1 Å². The standard InChI is InChI=1S/C34H49N3O6/c1-23(2)36(34(39)26-11-14-30(41-6)31(17-26)42-16-8-15-40-5)20-27-18-35-19-28(27)21-37(29-12-13-29)32(38)22-43-33-24(3)9-7-10-25(33)4/h7,9-11,14,17,23,27-29,35H,8,12-13,15-16,18-22H2,1-6H3/t27-,28-/m0/s1. The summed E-state index contributed by atoms with van der Waals surface area (Å²) in [7, 11) is 3.26. The van der Waals surface area contributed by atoms with Gasteiger partial charge >= 0.3 is 0 Å². The van der Waals surface area contributed by atoms with Crippen LogP contribution >= 0.6 is 0 Å². The van der Waals surface area contributed by atoms with Crippen molar-refractivity contribution in [3.8, 4) is 17.2 Å². The van der Waals surface area contributed by atoms with Crippen molar-refractivity contribution in [1.29, 1.82) is 0 Å². The van der Waals surface area contributed by atoms with Gasteiger partial charge in [0.05, 0.1) is 13.7 Å². The van der Waals surface area contributed by atoms with Gasteiger partial charge in [-0.3, -0.25) is 9.59 Å². The van der Waals surface area contributed by atoms with Crippen LogP contribution in [-0.4, -0.2) is 93.9 Å². The van der Waals surface area contributed by atoms with Crippen LogP contribution in [-0.2, 0) is 9.53 Å². The second-order valence-electron chi connectivity index (χ2n) is 12.1. The Bertz CT molecular complexity index is 1210. The first-order valence-electron chi connectivity index (χ1n) is 15.5. The number of amides is 2. The minimum atomic E-state index is -0.0397. The molecule has 9 nitrogen and oxygen atoms in total. The lowest BCUT2D eigenvalue weighted by molar-refractivity contribution is -0.134. The molecule has 236 valence electrons. The number of aryl methyl sites for hydroxylation is 2. The molecule has 0 spiro atoms. The molecule has 9 heteroatoms. The van der Waals surface area contributed by atoms with Crippen molar-refractivity contribution in [3.05, 3.63) is 53.1 Å². The molecule has 1 saturated heterocycles. The van der Waals surface area contributed by atoms with Gasteiger partial charge in [0.15, 0.2) is 18.1 Å². The third-order valence-corrected chi connectivity index (χ3v) is 8.44. The maximum absolute atomic E-state index is 13.8. The van der Waals surface area contributed by atoms with Crippen molar-refractivity contribution >= 4 is 11.8 Å². The van der Waals surface area contributed by atoms with Crippen LogP contribution in [0.4, 0.5) is 0 Å². The van der Waals surface area contributed by atoms with E-state index in [0.717, 1.165) is 49.2 Å². The summed E-state index contributed by atoms with van der Waals surface area (Å²) in [6, 6.07) is 11.7. The highest BCUT2D eigenvalue weighted by atomic mass is 16.5. The first-order chi connectivity index (χ1) is 20.7. The number of para-hydroxylation sites is 1. The molecule has 2 amide bonds. The summed E-state index contributed by atoms with van der Waals surface area (Å²) >= 11 is 0. The zero-order chi connectivity index (χ0) is 30.9. The Morgan fingerprint density at radius 3 is 2.26 bits per heavy atom. The van der Waals surface area contributed by atoms with E-state index < -0.39 is 0 Å². The Kier molecular flexibility index (Phi) is 11.7. The van der Waals surface area contributed by atoms with Crippen LogP contribution in [0.3, 0.4) is 0 Å². The number of nitrogens with one attached hydrogen (secondary N) is 1. The molecule has 1 N–H and O–H groups in total. The van der Waals surface area contributed by atoms with E-state index in [9.17, 15) is 9.59 Å². The summed E-state index contributed by atoms with van der Waals surface area (Å²) in [4.78, 5) is 31.2. The lowest BCUT2D eigenvalue weighted by Gasteiger charge is -2.33. The van der Waals surface area contributed by atoms with E-state index in [-0.39, 0.29) is 42.3 Å². The maximum atomic E-state index is 13.8. The molecule has 1 aliphatic heterocycles. The van der Waals surface area contributed by atoms with E-state index in [1.54, 1.807) is 32.4 Å². The highest BCUT2D eigenvalue weighted by molar-refractivity contribution is 5.95. The summed E-state index contributed by atoms with van der Waals surface area (Å²) in [6.45, 7) is 12.1. The summed E-state index contributed by atoms with van der Waals surface area (Å²) in [5, 5.41) is 3.53. The summed E-state index contributed by atoms with van der Waals surface area (Å²) in [5.41, 5.74) is 2.63. The molecule has 1 aliphatic carbocycles. The van der Waals surface area contributed by atoms with Crippen LogP contribution in [0.1, 0.15) is 54.6 Å². The van der Waals surface area contributed by atoms with Crippen LogP contribution in [0, 0.1) is 25.7 Å². The Morgan fingerprint density at radius 2 is 1.63 bits per heavy atom. The highest BCUT2D eigenvalue weighted by Gasteiger charge is 2.38. The van der Waals surface area contributed by atoms with Crippen molar-refractivity contribution in [2.75, 3.05) is 60.2 Å². The van der Waals surface area contributed by atoms with Crippen LogP contribution in [0.25, 0.3) is 0 Å². The molecule has 43 heavy (non-hydrogen) atoms. The molecule has 0 bridgehead atoms. The predicted octanol–water partition coefficient (Wildman–Crippen LogP) is 4.48. The monoisotopic (exact) mass is 595 g/mol. The molecule has 1 saturated carbocycles. The van der Waals surface area contributed by atoms with E-state index in [1.165, 1.54) is 0 Å². The molecule has 0 unspecified atom stereocenters. The molecule has 4 rings (SSSR count). The van der Waals surface area contributed by atoms with Crippen LogP contribution in [0.5, 0.6) is 17.2 Å². The van der Waals surface area contributed by atoms with E-state index in [2.05, 4.69) is 5.32 Å². The van der Waals surface area contributed by atoms with Gasteiger partial charge in [0.1, 0.15) is 5.75 Å². The van der Waals surface area contributed by atoms with E-state index in [0.29, 0.717) is 43.4 Å².